The maximum absolute atomic E-state index is 2.42. The number of hydrogen-bond acceptors (Lipinski definition) is 2. The van der Waals surface area contributed by atoms with Crippen molar-refractivity contribution in [3.8, 4) is 22.3 Å². The van der Waals surface area contributed by atoms with Gasteiger partial charge < -0.3 is 0 Å². The second-order valence-electron chi connectivity index (χ2n) is 10.5. The van der Waals surface area contributed by atoms with Crippen LogP contribution in [0.1, 0.15) is 0 Å². The van der Waals surface area contributed by atoms with E-state index in [-0.39, 0.29) is 0 Å². The molecule has 40 heavy (non-hydrogen) atoms. The van der Waals surface area contributed by atoms with E-state index in [4.69, 9.17) is 0 Å². The topological polar surface area (TPSA) is 0 Å². The maximum Gasteiger partial charge on any atom is 0.0434 e. The highest BCUT2D eigenvalue weighted by molar-refractivity contribution is 7.27. The maximum atomic E-state index is 2.42. The molecule has 0 unspecified atom stereocenters. The Hall–Kier alpha value is -4.50. The summed E-state index contributed by atoms with van der Waals surface area (Å²) in [5.41, 5.74) is 5.07. The predicted octanol–water partition coefficient (Wildman–Crippen LogP) is 12.1. The van der Waals surface area contributed by atoms with Crippen LogP contribution in [0.4, 0.5) is 0 Å². The zero-order valence-electron chi connectivity index (χ0n) is 21.5. The van der Waals surface area contributed by atoms with Gasteiger partial charge in [0, 0.05) is 51.1 Å². The van der Waals surface area contributed by atoms with Gasteiger partial charge in [0.1, 0.15) is 0 Å². The van der Waals surface area contributed by atoms with Crippen molar-refractivity contribution in [1.29, 1.82) is 0 Å². The lowest BCUT2D eigenvalue weighted by Crippen LogP contribution is -1.79. The third-order valence-corrected chi connectivity index (χ3v) is 10.7. The van der Waals surface area contributed by atoms with Crippen LogP contribution in [0.25, 0.3) is 84.1 Å². The van der Waals surface area contributed by atoms with E-state index >= 15 is 0 Å². The van der Waals surface area contributed by atoms with Crippen molar-refractivity contribution >= 4 is 84.6 Å². The molecule has 2 heterocycles. The normalized spacial score (nSPS) is 12.0. The Morgan fingerprint density at radius 2 is 0.750 bits per heavy atom. The molecule has 0 aliphatic heterocycles. The van der Waals surface area contributed by atoms with Crippen LogP contribution in [0, 0.1) is 0 Å². The van der Waals surface area contributed by atoms with Crippen molar-refractivity contribution in [2.75, 3.05) is 0 Å². The summed E-state index contributed by atoms with van der Waals surface area (Å²) in [7, 11) is 0. The standard InChI is InChI=1S/C38H22S2/c1-3-7-23(8-4-1)25-13-17-35-33(19-25)29-15-11-27-22-32-28(21-31(27)37(29)39-35)12-16-30-34-20-26(24-9-5-2-6-10-24)14-18-36(34)40-38(30)32/h1-22H. The van der Waals surface area contributed by atoms with Gasteiger partial charge in [-0.15, -0.1) is 22.7 Å². The van der Waals surface area contributed by atoms with E-state index in [0.717, 1.165) is 0 Å². The van der Waals surface area contributed by atoms with E-state index in [1.807, 2.05) is 22.7 Å². The van der Waals surface area contributed by atoms with Gasteiger partial charge in [-0.2, -0.15) is 0 Å². The summed E-state index contributed by atoms with van der Waals surface area (Å²) < 4.78 is 5.44. The molecule has 0 aliphatic carbocycles. The number of thiophene rings is 2. The van der Waals surface area contributed by atoms with Gasteiger partial charge in [-0.25, -0.2) is 0 Å². The van der Waals surface area contributed by atoms with Crippen LogP contribution in [0.2, 0.25) is 0 Å². The molecule has 0 nitrogen and oxygen atoms in total. The number of rotatable bonds is 2. The van der Waals surface area contributed by atoms with Crippen molar-refractivity contribution in [2.45, 2.75) is 0 Å². The van der Waals surface area contributed by atoms with Gasteiger partial charge in [-0.3, -0.25) is 0 Å². The van der Waals surface area contributed by atoms with Gasteiger partial charge in [-0.1, -0.05) is 97.1 Å². The van der Waals surface area contributed by atoms with Crippen molar-refractivity contribution < 1.29 is 0 Å². The highest BCUT2D eigenvalue weighted by atomic mass is 32.1. The molecule has 0 bridgehead atoms. The van der Waals surface area contributed by atoms with Gasteiger partial charge in [-0.05, 0) is 69.4 Å². The summed E-state index contributed by atoms with van der Waals surface area (Å²) in [5, 5.41) is 10.7. The van der Waals surface area contributed by atoms with E-state index in [2.05, 4.69) is 133 Å². The summed E-state index contributed by atoms with van der Waals surface area (Å²) in [6.07, 6.45) is 0. The Morgan fingerprint density at radius 1 is 0.300 bits per heavy atom. The van der Waals surface area contributed by atoms with Gasteiger partial charge in [0.15, 0.2) is 0 Å². The second kappa shape index (κ2) is 8.50. The molecule has 0 aliphatic rings. The van der Waals surface area contributed by atoms with Crippen molar-refractivity contribution in [1.82, 2.24) is 0 Å². The quantitative estimate of drug-likeness (QED) is 0.191. The Kier molecular flexibility index (Phi) is 4.74. The first kappa shape index (κ1) is 22.3. The Labute approximate surface area is 239 Å². The molecular weight excluding hydrogens is 521 g/mol. The van der Waals surface area contributed by atoms with E-state index in [0.29, 0.717) is 0 Å². The largest absolute Gasteiger partial charge is 0.135 e. The minimum atomic E-state index is 1.26. The van der Waals surface area contributed by atoms with Gasteiger partial charge in [0.25, 0.3) is 0 Å². The van der Waals surface area contributed by atoms with Crippen LogP contribution in [0.15, 0.2) is 133 Å². The first-order chi connectivity index (χ1) is 19.8. The molecule has 0 atom stereocenters. The third-order valence-electron chi connectivity index (χ3n) is 8.24. The molecule has 9 aromatic rings. The van der Waals surface area contributed by atoms with E-state index in [1.165, 1.54) is 84.1 Å². The van der Waals surface area contributed by atoms with E-state index < -0.39 is 0 Å². The predicted molar refractivity (Wildman–Crippen MR) is 178 cm³/mol. The minimum absolute atomic E-state index is 1.26. The highest BCUT2D eigenvalue weighted by Gasteiger charge is 2.14. The van der Waals surface area contributed by atoms with Crippen LogP contribution in [-0.2, 0) is 0 Å². The molecule has 2 aromatic heterocycles. The Morgan fingerprint density at radius 3 is 1.20 bits per heavy atom. The number of benzene rings is 7. The summed E-state index contributed by atoms with van der Waals surface area (Å²) in [4.78, 5) is 0. The fraction of sp³-hybridized carbons (Fsp3) is 0. The fourth-order valence-electron chi connectivity index (χ4n) is 6.23. The molecule has 0 N–H and O–H groups in total. The molecule has 0 fully saturated rings. The lowest BCUT2D eigenvalue weighted by atomic mass is 9.98. The molecule has 0 saturated heterocycles. The third kappa shape index (κ3) is 3.30. The lowest BCUT2D eigenvalue weighted by Gasteiger charge is -2.06. The van der Waals surface area contributed by atoms with Crippen LogP contribution in [-0.4, -0.2) is 0 Å². The average molecular weight is 543 g/mol. The van der Waals surface area contributed by atoms with Crippen molar-refractivity contribution in [3.05, 3.63) is 133 Å². The van der Waals surface area contributed by atoms with Gasteiger partial charge in [0.05, 0.1) is 0 Å². The fourth-order valence-corrected chi connectivity index (χ4v) is 8.65. The highest BCUT2D eigenvalue weighted by Crippen LogP contribution is 2.44. The van der Waals surface area contributed by atoms with Crippen LogP contribution >= 0.6 is 22.7 Å². The monoisotopic (exact) mass is 542 g/mol. The molecule has 0 saturated carbocycles. The smallest absolute Gasteiger partial charge is 0.0434 e. The molecule has 0 amide bonds. The summed E-state index contributed by atoms with van der Waals surface area (Å²) in [6.45, 7) is 0. The molecular formula is C38H22S2. The summed E-state index contributed by atoms with van der Waals surface area (Å²) in [6, 6.07) is 49.3. The minimum Gasteiger partial charge on any atom is -0.135 e. The molecule has 9 rings (SSSR count). The number of fused-ring (bicyclic) bond motifs is 10. The van der Waals surface area contributed by atoms with E-state index in [9.17, 15) is 0 Å². The molecule has 7 aromatic carbocycles. The average Bonchev–Trinajstić information content (AvgIpc) is 3.59. The van der Waals surface area contributed by atoms with Crippen molar-refractivity contribution in [2.24, 2.45) is 0 Å². The van der Waals surface area contributed by atoms with E-state index in [1.54, 1.807) is 0 Å². The first-order valence-corrected chi connectivity index (χ1v) is 15.2. The molecule has 186 valence electrons. The molecule has 2 heteroatoms. The van der Waals surface area contributed by atoms with Crippen LogP contribution in [0.3, 0.4) is 0 Å². The summed E-state index contributed by atoms with van der Waals surface area (Å²) in [5.74, 6) is 0. The van der Waals surface area contributed by atoms with Gasteiger partial charge in [0.2, 0.25) is 0 Å². The van der Waals surface area contributed by atoms with Crippen LogP contribution in [0.5, 0.6) is 0 Å². The van der Waals surface area contributed by atoms with Gasteiger partial charge >= 0.3 is 0 Å². The molecule has 0 radical (unpaired) electrons. The Bertz CT molecular complexity index is 2240. The zero-order chi connectivity index (χ0) is 26.2. The van der Waals surface area contributed by atoms with Crippen LogP contribution < -0.4 is 0 Å². The first-order valence-electron chi connectivity index (χ1n) is 13.6. The number of hydrogen-bond donors (Lipinski definition) is 0. The second-order valence-corrected chi connectivity index (χ2v) is 12.6. The zero-order valence-corrected chi connectivity index (χ0v) is 23.2. The SMILES string of the molecule is c1ccc(-c2ccc3sc4c5cc6ccc7c8cc(-c9ccccc9)ccc8sc7c6cc5ccc4c3c2)cc1. The Balaban J connectivity index is 1.25. The lowest BCUT2D eigenvalue weighted by molar-refractivity contribution is 1.66. The summed E-state index contributed by atoms with van der Waals surface area (Å²) >= 11 is 3.83. The van der Waals surface area contributed by atoms with Crippen molar-refractivity contribution in [3.63, 3.8) is 0 Å². The molecule has 0 spiro atoms.